The lowest BCUT2D eigenvalue weighted by Gasteiger charge is -2.16. The summed E-state index contributed by atoms with van der Waals surface area (Å²) in [5.74, 6) is 1.02. The third-order valence-corrected chi connectivity index (χ3v) is 4.15. The Hall–Kier alpha value is -3.18. The highest BCUT2D eigenvalue weighted by molar-refractivity contribution is 6.39. The van der Waals surface area contributed by atoms with Gasteiger partial charge in [-0.25, -0.2) is 0 Å². The Morgan fingerprint density at radius 2 is 1.08 bits per heavy atom. The van der Waals surface area contributed by atoms with Gasteiger partial charge in [0, 0.05) is 0 Å². The molecule has 126 valence electrons. The van der Waals surface area contributed by atoms with Gasteiger partial charge in [-0.05, 0) is 24.3 Å². The van der Waals surface area contributed by atoms with Gasteiger partial charge in [0.25, 0.3) is 0 Å². The van der Waals surface area contributed by atoms with Crippen LogP contribution >= 0.6 is 23.2 Å². The maximum atomic E-state index is 9.50. The topological polar surface area (TPSA) is 66.0 Å². The summed E-state index contributed by atoms with van der Waals surface area (Å²) in [5.41, 5.74) is -0.109. The van der Waals surface area contributed by atoms with E-state index in [0.717, 1.165) is 0 Å². The molecular weight excluding hydrogens is 371 g/mol. The van der Waals surface area contributed by atoms with Crippen LogP contribution in [0.5, 0.6) is 23.0 Å². The van der Waals surface area contributed by atoms with E-state index < -0.39 is 0 Å². The number of para-hydroxylation sites is 2. The van der Waals surface area contributed by atoms with Crippen LogP contribution in [0, 0.1) is 22.7 Å². The van der Waals surface area contributed by atoms with Crippen LogP contribution in [0.25, 0.3) is 0 Å². The van der Waals surface area contributed by atoms with Crippen LogP contribution in [0.1, 0.15) is 11.1 Å². The van der Waals surface area contributed by atoms with Gasteiger partial charge in [-0.15, -0.1) is 0 Å². The van der Waals surface area contributed by atoms with Crippen molar-refractivity contribution >= 4 is 23.2 Å². The van der Waals surface area contributed by atoms with E-state index >= 15 is 0 Å². The van der Waals surface area contributed by atoms with Gasteiger partial charge in [0.15, 0.2) is 11.5 Å². The summed E-state index contributed by atoms with van der Waals surface area (Å²) in [5, 5.41) is 18.9. The normalized spacial score (nSPS) is 9.85. The SMILES string of the molecule is N#Cc1c(Cl)c(Oc2ccccc2)c(Cl)c(Oc2ccccc2)c1C#N. The van der Waals surface area contributed by atoms with E-state index in [0.29, 0.717) is 11.5 Å². The largest absolute Gasteiger partial charge is 0.454 e. The zero-order valence-electron chi connectivity index (χ0n) is 13.2. The Bertz CT molecular complexity index is 1020. The first-order valence-electron chi connectivity index (χ1n) is 7.46. The fourth-order valence-electron chi connectivity index (χ4n) is 2.26. The summed E-state index contributed by atoms with van der Waals surface area (Å²) in [7, 11) is 0. The molecule has 26 heavy (non-hydrogen) atoms. The van der Waals surface area contributed by atoms with Gasteiger partial charge in [-0.2, -0.15) is 10.5 Å². The third kappa shape index (κ3) is 3.43. The molecule has 0 bridgehead atoms. The third-order valence-electron chi connectivity index (χ3n) is 3.44. The molecule has 3 aromatic carbocycles. The number of nitriles is 2. The van der Waals surface area contributed by atoms with Crippen LogP contribution in [-0.4, -0.2) is 0 Å². The lowest BCUT2D eigenvalue weighted by atomic mass is 10.1. The Morgan fingerprint density at radius 1 is 0.615 bits per heavy atom. The minimum Gasteiger partial charge on any atom is -0.454 e. The smallest absolute Gasteiger partial charge is 0.169 e. The van der Waals surface area contributed by atoms with Gasteiger partial charge >= 0.3 is 0 Å². The fourth-order valence-corrected chi connectivity index (χ4v) is 2.84. The zero-order chi connectivity index (χ0) is 18.5. The second-order valence-electron chi connectivity index (χ2n) is 5.09. The molecule has 0 amide bonds. The standard InChI is InChI=1S/C20H10Cl2N2O2/c21-17-15(11-23)16(12-24)19(25-13-7-3-1-4-8-13)18(22)20(17)26-14-9-5-2-6-10-14/h1-10H. The van der Waals surface area contributed by atoms with Crippen LogP contribution in [-0.2, 0) is 0 Å². The van der Waals surface area contributed by atoms with Gasteiger partial charge < -0.3 is 9.47 Å². The highest BCUT2D eigenvalue weighted by Gasteiger charge is 2.25. The number of benzene rings is 3. The summed E-state index contributed by atoms with van der Waals surface area (Å²) >= 11 is 12.7. The van der Waals surface area contributed by atoms with Crippen molar-refractivity contribution in [3.8, 4) is 35.1 Å². The molecule has 0 N–H and O–H groups in total. The molecule has 0 heterocycles. The minimum atomic E-state index is -0.0598. The highest BCUT2D eigenvalue weighted by atomic mass is 35.5. The van der Waals surface area contributed by atoms with Gasteiger partial charge in [-0.3, -0.25) is 0 Å². The van der Waals surface area contributed by atoms with Crippen molar-refractivity contribution in [3.05, 3.63) is 81.8 Å². The second kappa shape index (κ2) is 7.80. The average Bonchev–Trinajstić information content (AvgIpc) is 2.68. The van der Waals surface area contributed by atoms with Crippen LogP contribution < -0.4 is 9.47 Å². The Balaban J connectivity index is 2.18. The van der Waals surface area contributed by atoms with Gasteiger partial charge in [-0.1, -0.05) is 59.6 Å². The predicted molar refractivity (Wildman–Crippen MR) is 98.9 cm³/mol. The molecule has 0 spiro atoms. The van der Waals surface area contributed by atoms with Crippen molar-refractivity contribution < 1.29 is 9.47 Å². The molecule has 0 saturated carbocycles. The molecule has 0 radical (unpaired) electrons. The molecule has 6 heteroatoms. The van der Waals surface area contributed by atoms with Crippen LogP contribution in [0.15, 0.2) is 60.7 Å². The molecule has 0 aliphatic heterocycles. The number of hydrogen-bond acceptors (Lipinski definition) is 4. The lowest BCUT2D eigenvalue weighted by Crippen LogP contribution is -1.98. The average molecular weight is 381 g/mol. The van der Waals surface area contributed by atoms with E-state index in [1.807, 2.05) is 24.3 Å². The monoisotopic (exact) mass is 380 g/mol. The van der Waals surface area contributed by atoms with Crippen molar-refractivity contribution in [3.63, 3.8) is 0 Å². The quantitative estimate of drug-likeness (QED) is 0.530. The van der Waals surface area contributed by atoms with Crippen molar-refractivity contribution in [2.24, 2.45) is 0 Å². The summed E-state index contributed by atoms with van der Waals surface area (Å²) in [6, 6.07) is 21.5. The van der Waals surface area contributed by atoms with Gasteiger partial charge in [0.05, 0.1) is 5.56 Å². The first kappa shape index (κ1) is 17.6. The molecule has 0 aliphatic rings. The number of rotatable bonds is 4. The van der Waals surface area contributed by atoms with Gasteiger partial charge in [0.1, 0.15) is 39.2 Å². The Kier molecular flexibility index (Phi) is 5.29. The molecule has 0 unspecified atom stereocenters. The van der Waals surface area contributed by atoms with Crippen molar-refractivity contribution in [2.75, 3.05) is 0 Å². The first-order valence-corrected chi connectivity index (χ1v) is 8.22. The molecular formula is C20H10Cl2N2O2. The summed E-state index contributed by atoms with van der Waals surface area (Å²) in [6.45, 7) is 0. The first-order chi connectivity index (χ1) is 12.7. The number of nitrogens with zero attached hydrogens (tertiary/aromatic N) is 2. The van der Waals surface area contributed by atoms with E-state index in [-0.39, 0.29) is 32.7 Å². The molecule has 0 saturated heterocycles. The number of hydrogen-bond donors (Lipinski definition) is 0. The summed E-state index contributed by atoms with van der Waals surface area (Å²) in [4.78, 5) is 0. The number of ether oxygens (including phenoxy) is 2. The van der Waals surface area contributed by atoms with Gasteiger partial charge in [0.2, 0.25) is 0 Å². The van der Waals surface area contributed by atoms with E-state index in [2.05, 4.69) is 0 Å². The molecule has 3 rings (SSSR count). The molecule has 0 atom stereocenters. The summed E-state index contributed by atoms with van der Waals surface area (Å²) in [6.07, 6.45) is 0. The summed E-state index contributed by atoms with van der Waals surface area (Å²) < 4.78 is 11.5. The van der Waals surface area contributed by atoms with Crippen molar-refractivity contribution in [1.82, 2.24) is 0 Å². The highest BCUT2D eigenvalue weighted by Crippen LogP contribution is 2.47. The maximum Gasteiger partial charge on any atom is 0.169 e. The fraction of sp³-hybridized carbons (Fsp3) is 0. The van der Waals surface area contributed by atoms with E-state index in [1.165, 1.54) is 0 Å². The zero-order valence-corrected chi connectivity index (χ0v) is 14.8. The maximum absolute atomic E-state index is 9.50. The van der Waals surface area contributed by atoms with Crippen molar-refractivity contribution in [2.45, 2.75) is 0 Å². The van der Waals surface area contributed by atoms with Crippen LogP contribution in [0.4, 0.5) is 0 Å². The van der Waals surface area contributed by atoms with Crippen LogP contribution in [0.2, 0.25) is 10.0 Å². The predicted octanol–water partition coefficient (Wildman–Crippen LogP) is 6.32. The van der Waals surface area contributed by atoms with E-state index in [1.54, 1.807) is 48.5 Å². The van der Waals surface area contributed by atoms with E-state index in [4.69, 9.17) is 32.7 Å². The Morgan fingerprint density at radius 3 is 1.54 bits per heavy atom. The van der Waals surface area contributed by atoms with E-state index in [9.17, 15) is 10.5 Å². The number of halogens is 2. The Labute approximate surface area is 160 Å². The molecule has 0 fully saturated rings. The minimum absolute atomic E-state index is 0.0123. The molecule has 4 nitrogen and oxygen atoms in total. The lowest BCUT2D eigenvalue weighted by molar-refractivity contribution is 0.459. The molecule has 0 aliphatic carbocycles. The molecule has 3 aromatic rings. The molecule has 0 aromatic heterocycles. The van der Waals surface area contributed by atoms with Crippen molar-refractivity contribution in [1.29, 1.82) is 10.5 Å². The second-order valence-corrected chi connectivity index (χ2v) is 5.85. The van der Waals surface area contributed by atoms with Crippen LogP contribution in [0.3, 0.4) is 0 Å².